The highest BCUT2D eigenvalue weighted by Crippen LogP contribution is 2.54. The number of nitrogens with zero attached hydrogens (tertiary/aromatic N) is 2. The number of aromatic nitrogens is 3. The number of nitrogens with one attached hydrogen (secondary N) is 1. The molecule has 1 N–H and O–H groups in total. The van der Waals surface area contributed by atoms with Crippen LogP contribution < -0.4 is 0 Å². The molecular formula is C13H13Cl2N3S. The normalized spacial score (nSPS) is 20.5. The number of aromatic amines is 1. The summed E-state index contributed by atoms with van der Waals surface area (Å²) in [7, 11) is 0. The molecule has 6 heteroatoms. The van der Waals surface area contributed by atoms with Crippen molar-refractivity contribution in [3.63, 3.8) is 0 Å². The first-order valence-electron chi connectivity index (χ1n) is 6.05. The quantitative estimate of drug-likeness (QED) is 0.683. The molecule has 2 aromatic rings. The molecule has 1 heterocycles. The van der Waals surface area contributed by atoms with Crippen LogP contribution in [0.5, 0.6) is 0 Å². The number of rotatable bonds is 4. The lowest BCUT2D eigenvalue weighted by atomic mass is 10.1. The maximum absolute atomic E-state index is 5.99. The van der Waals surface area contributed by atoms with E-state index in [1.165, 1.54) is 5.56 Å². The lowest BCUT2D eigenvalue weighted by Crippen LogP contribution is -1.93. The number of alkyl halides is 2. The van der Waals surface area contributed by atoms with Crippen molar-refractivity contribution in [1.82, 2.24) is 15.2 Å². The zero-order valence-electron chi connectivity index (χ0n) is 10.4. The molecule has 0 saturated heterocycles. The second-order valence-electron chi connectivity index (χ2n) is 4.81. The van der Waals surface area contributed by atoms with Crippen molar-refractivity contribution in [2.75, 3.05) is 5.75 Å². The summed E-state index contributed by atoms with van der Waals surface area (Å²) in [5, 5.41) is 7.90. The Morgan fingerprint density at radius 1 is 1.37 bits per heavy atom. The zero-order valence-corrected chi connectivity index (χ0v) is 12.7. The van der Waals surface area contributed by atoms with E-state index in [1.807, 2.05) is 12.1 Å². The molecule has 3 rings (SSSR count). The van der Waals surface area contributed by atoms with E-state index in [1.54, 1.807) is 11.8 Å². The Morgan fingerprint density at radius 3 is 2.68 bits per heavy atom. The molecule has 3 nitrogen and oxygen atoms in total. The van der Waals surface area contributed by atoms with Gasteiger partial charge in [0, 0.05) is 17.2 Å². The Balaban J connectivity index is 1.64. The predicted octanol–water partition coefficient (Wildman–Crippen LogP) is 4.07. The second-order valence-corrected chi connectivity index (χ2v) is 7.34. The van der Waals surface area contributed by atoms with Crippen LogP contribution in [-0.2, 0) is 0 Å². The number of benzene rings is 1. The van der Waals surface area contributed by atoms with Gasteiger partial charge >= 0.3 is 0 Å². The largest absolute Gasteiger partial charge is 0.258 e. The van der Waals surface area contributed by atoms with Crippen molar-refractivity contribution >= 4 is 35.0 Å². The molecule has 1 aromatic carbocycles. The van der Waals surface area contributed by atoms with Gasteiger partial charge in [0.1, 0.15) is 4.33 Å². The average molecular weight is 314 g/mol. The molecule has 1 aliphatic rings. The first-order chi connectivity index (χ1) is 9.04. The van der Waals surface area contributed by atoms with E-state index in [-0.39, 0.29) is 0 Å². The Labute approximate surface area is 126 Å². The highest BCUT2D eigenvalue weighted by molar-refractivity contribution is 7.99. The minimum Gasteiger partial charge on any atom is -0.258 e. The first-order valence-corrected chi connectivity index (χ1v) is 7.79. The molecule has 0 amide bonds. The van der Waals surface area contributed by atoms with Crippen LogP contribution in [0.25, 0.3) is 11.4 Å². The van der Waals surface area contributed by atoms with Crippen molar-refractivity contribution in [1.29, 1.82) is 0 Å². The molecule has 1 fully saturated rings. The van der Waals surface area contributed by atoms with E-state index in [0.717, 1.165) is 28.7 Å². The Morgan fingerprint density at radius 2 is 2.05 bits per heavy atom. The van der Waals surface area contributed by atoms with Gasteiger partial charge in [0.15, 0.2) is 5.82 Å². The lowest BCUT2D eigenvalue weighted by molar-refractivity contribution is 0.945. The molecular weight excluding hydrogens is 301 g/mol. The molecule has 1 saturated carbocycles. The molecule has 1 atom stereocenters. The van der Waals surface area contributed by atoms with E-state index < -0.39 is 4.33 Å². The molecule has 0 spiro atoms. The third kappa shape index (κ3) is 3.07. The van der Waals surface area contributed by atoms with Gasteiger partial charge in [0.25, 0.3) is 0 Å². The van der Waals surface area contributed by atoms with Crippen LogP contribution in [-0.4, -0.2) is 25.3 Å². The Kier molecular flexibility index (Phi) is 3.50. The lowest BCUT2D eigenvalue weighted by Gasteiger charge is -1.97. The van der Waals surface area contributed by atoms with Gasteiger partial charge < -0.3 is 0 Å². The highest BCUT2D eigenvalue weighted by atomic mass is 35.5. The van der Waals surface area contributed by atoms with Gasteiger partial charge in [0.2, 0.25) is 5.16 Å². The number of hydrogen-bond donors (Lipinski definition) is 1. The van der Waals surface area contributed by atoms with E-state index >= 15 is 0 Å². The second kappa shape index (κ2) is 5.00. The summed E-state index contributed by atoms with van der Waals surface area (Å²) in [6.07, 6.45) is 0.859. The highest BCUT2D eigenvalue weighted by Gasteiger charge is 2.51. The minimum absolute atomic E-state index is 0.349. The van der Waals surface area contributed by atoms with Gasteiger partial charge in [-0.1, -0.05) is 41.6 Å². The van der Waals surface area contributed by atoms with Gasteiger partial charge in [0.05, 0.1) is 0 Å². The fourth-order valence-corrected chi connectivity index (χ4v) is 3.51. The van der Waals surface area contributed by atoms with Crippen LogP contribution in [0.15, 0.2) is 29.4 Å². The van der Waals surface area contributed by atoms with E-state index in [0.29, 0.717) is 5.92 Å². The molecule has 1 aliphatic carbocycles. The number of hydrogen-bond acceptors (Lipinski definition) is 3. The summed E-state index contributed by atoms with van der Waals surface area (Å²) >= 11 is 13.6. The fraction of sp³-hybridized carbons (Fsp3) is 0.385. The maximum Gasteiger partial charge on any atom is 0.208 e. The number of halogens is 2. The summed E-state index contributed by atoms with van der Waals surface area (Å²) in [4.78, 5) is 4.47. The zero-order chi connectivity index (χ0) is 13.5. The molecule has 1 aromatic heterocycles. The Bertz CT molecular complexity index is 580. The van der Waals surface area contributed by atoms with Crippen LogP contribution in [0, 0.1) is 12.8 Å². The smallest absolute Gasteiger partial charge is 0.208 e. The van der Waals surface area contributed by atoms with Crippen LogP contribution in [0.4, 0.5) is 0 Å². The van der Waals surface area contributed by atoms with E-state index in [2.05, 4.69) is 34.2 Å². The SMILES string of the molecule is Cc1ccc(-c2nc(SC[C@H]3CC3(Cl)Cl)n[nH]2)cc1. The van der Waals surface area contributed by atoms with Gasteiger partial charge in [-0.05, 0) is 13.3 Å². The van der Waals surface area contributed by atoms with Crippen molar-refractivity contribution in [3.8, 4) is 11.4 Å². The topological polar surface area (TPSA) is 41.6 Å². The molecule has 0 unspecified atom stereocenters. The molecule has 100 valence electrons. The first kappa shape index (κ1) is 13.3. The third-order valence-electron chi connectivity index (χ3n) is 3.16. The van der Waals surface area contributed by atoms with E-state index in [9.17, 15) is 0 Å². The van der Waals surface area contributed by atoms with Crippen molar-refractivity contribution in [2.45, 2.75) is 22.8 Å². The summed E-state index contributed by atoms with van der Waals surface area (Å²) in [6, 6.07) is 8.19. The van der Waals surface area contributed by atoms with Crippen molar-refractivity contribution in [2.24, 2.45) is 5.92 Å². The average Bonchev–Trinajstić information content (AvgIpc) is 2.79. The standard InChI is InChI=1S/C13H13Cl2N3S/c1-8-2-4-9(5-3-8)11-16-12(18-17-11)19-7-10-6-13(10,14)15/h2-5,10H,6-7H2,1H3,(H,16,17,18)/t10-/m1/s1. The van der Waals surface area contributed by atoms with Gasteiger partial charge in [-0.25, -0.2) is 4.98 Å². The maximum atomic E-state index is 5.99. The van der Waals surface area contributed by atoms with Crippen molar-refractivity contribution in [3.05, 3.63) is 29.8 Å². The van der Waals surface area contributed by atoms with Crippen molar-refractivity contribution < 1.29 is 0 Å². The third-order valence-corrected chi connectivity index (χ3v) is 5.09. The summed E-state index contributed by atoms with van der Waals surface area (Å²) in [5.41, 5.74) is 2.27. The fourth-order valence-electron chi connectivity index (χ4n) is 1.78. The van der Waals surface area contributed by atoms with Gasteiger partial charge in [-0.15, -0.1) is 28.3 Å². The van der Waals surface area contributed by atoms with Crippen LogP contribution in [0.1, 0.15) is 12.0 Å². The summed E-state index contributed by atoms with van der Waals surface area (Å²) in [5.74, 6) is 2.00. The molecule has 0 radical (unpaired) electrons. The summed E-state index contributed by atoms with van der Waals surface area (Å²) < 4.78 is -0.525. The number of H-pyrrole nitrogens is 1. The van der Waals surface area contributed by atoms with Crippen LogP contribution in [0.2, 0.25) is 0 Å². The molecule has 19 heavy (non-hydrogen) atoms. The van der Waals surface area contributed by atoms with Crippen LogP contribution in [0.3, 0.4) is 0 Å². The molecule has 0 bridgehead atoms. The molecule has 0 aliphatic heterocycles. The van der Waals surface area contributed by atoms with E-state index in [4.69, 9.17) is 23.2 Å². The van der Waals surface area contributed by atoms with Gasteiger partial charge in [-0.3, -0.25) is 5.10 Å². The number of thioether (sulfide) groups is 1. The minimum atomic E-state index is -0.525. The predicted molar refractivity (Wildman–Crippen MR) is 79.8 cm³/mol. The summed E-state index contributed by atoms with van der Waals surface area (Å²) in [6.45, 7) is 2.06. The Hall–Kier alpha value is -0.710. The van der Waals surface area contributed by atoms with Crippen LogP contribution >= 0.6 is 35.0 Å². The van der Waals surface area contributed by atoms with Gasteiger partial charge in [-0.2, -0.15) is 0 Å². The monoisotopic (exact) mass is 313 g/mol. The number of aryl methyl sites for hydroxylation is 1.